The second-order valence-electron chi connectivity index (χ2n) is 3.75. The van der Waals surface area contributed by atoms with E-state index in [9.17, 15) is 3.89 Å². The molecule has 0 bridgehead atoms. The van der Waals surface area contributed by atoms with Crippen molar-refractivity contribution in [1.82, 2.24) is 28.8 Å². The van der Waals surface area contributed by atoms with Crippen LogP contribution in [0.15, 0.2) is 12.5 Å². The molecule has 0 aliphatic heterocycles. The van der Waals surface area contributed by atoms with Crippen molar-refractivity contribution in [2.45, 2.75) is 6.92 Å². The van der Waals surface area contributed by atoms with Crippen molar-refractivity contribution in [3.05, 3.63) is 23.2 Å². The first-order chi connectivity index (χ1) is 9.10. The van der Waals surface area contributed by atoms with Gasteiger partial charge in [-0.05, 0) is 6.92 Å². The molecular weight excluding hydrogens is 293 g/mol. The number of hydrogen-bond donors (Lipinski definition) is 1. The maximum atomic E-state index is 12.5. The van der Waals surface area contributed by atoms with E-state index in [1.807, 2.05) is 0 Å². The summed E-state index contributed by atoms with van der Waals surface area (Å²) in [6.45, 7) is 1.74. The molecule has 0 atom stereocenters. The van der Waals surface area contributed by atoms with Crippen LogP contribution in [0.1, 0.15) is 5.69 Å². The van der Waals surface area contributed by atoms with Crippen LogP contribution in [0.25, 0.3) is 16.9 Å². The Kier molecular flexibility index (Phi) is 2.79. The zero-order valence-corrected chi connectivity index (χ0v) is 11.2. The molecule has 0 saturated heterocycles. The van der Waals surface area contributed by atoms with Crippen molar-refractivity contribution in [2.75, 3.05) is 5.73 Å². The minimum absolute atomic E-state index is 0.00642. The zero-order chi connectivity index (χ0) is 13.6. The van der Waals surface area contributed by atoms with E-state index < -0.39 is 0 Å². The number of rotatable bonds is 2. The molecule has 3 rings (SSSR count). The van der Waals surface area contributed by atoms with E-state index in [0.717, 1.165) is 4.09 Å². The van der Waals surface area contributed by atoms with Crippen molar-refractivity contribution in [2.24, 2.45) is 0 Å². The highest BCUT2D eigenvalue weighted by molar-refractivity contribution is 7.92. The standard InChI is InChI=1S/C9H7ClFN7S/c1-4-5(2-18(15-4)19-11)7-6(10)8-14-9(12)16-17(8)3-13-7/h2-3H,1H3,(H2,12,16). The van der Waals surface area contributed by atoms with Crippen LogP contribution in [0, 0.1) is 6.92 Å². The summed E-state index contributed by atoms with van der Waals surface area (Å²) in [5.74, 6) is 0.104. The highest BCUT2D eigenvalue weighted by atomic mass is 35.5. The smallest absolute Gasteiger partial charge is 0.240 e. The van der Waals surface area contributed by atoms with Gasteiger partial charge in [0.15, 0.2) is 18.0 Å². The van der Waals surface area contributed by atoms with Gasteiger partial charge in [0.2, 0.25) is 5.95 Å². The molecule has 0 saturated carbocycles. The van der Waals surface area contributed by atoms with Gasteiger partial charge in [-0.3, -0.25) is 0 Å². The number of hydrogen-bond acceptors (Lipinski definition) is 6. The second-order valence-corrected chi connectivity index (χ2v) is 4.64. The average Bonchev–Trinajstić information content (AvgIpc) is 2.93. The Morgan fingerprint density at radius 3 is 2.89 bits per heavy atom. The fourth-order valence-corrected chi connectivity index (χ4v) is 2.31. The number of aromatic nitrogens is 6. The first-order valence-corrected chi connectivity index (χ1v) is 6.17. The summed E-state index contributed by atoms with van der Waals surface area (Å²) >= 11 is 6.23. The highest BCUT2D eigenvalue weighted by Crippen LogP contribution is 2.31. The van der Waals surface area contributed by atoms with Crippen LogP contribution in [0.2, 0.25) is 5.02 Å². The Morgan fingerprint density at radius 2 is 2.21 bits per heavy atom. The first-order valence-electron chi connectivity index (χ1n) is 5.12. The zero-order valence-electron chi connectivity index (χ0n) is 9.58. The van der Waals surface area contributed by atoms with Gasteiger partial charge in [-0.15, -0.1) is 8.98 Å². The van der Waals surface area contributed by atoms with Crippen molar-refractivity contribution in [3.63, 3.8) is 0 Å². The third-order valence-electron chi connectivity index (χ3n) is 2.55. The SMILES string of the molecule is Cc1nn(SF)cc1-c1ncn2nc(N)nc2c1Cl. The van der Waals surface area contributed by atoms with E-state index >= 15 is 0 Å². The van der Waals surface area contributed by atoms with E-state index in [2.05, 4.69) is 20.2 Å². The van der Waals surface area contributed by atoms with E-state index in [0.29, 0.717) is 27.6 Å². The average molecular weight is 300 g/mol. The largest absolute Gasteiger partial charge is 0.366 e. The molecular formula is C9H7ClFN7S. The predicted octanol–water partition coefficient (Wildman–Crippen LogP) is 1.91. The van der Waals surface area contributed by atoms with Crippen LogP contribution >= 0.6 is 23.9 Å². The van der Waals surface area contributed by atoms with Crippen molar-refractivity contribution in [1.29, 1.82) is 0 Å². The summed E-state index contributed by atoms with van der Waals surface area (Å²) in [4.78, 5) is 8.19. The van der Waals surface area contributed by atoms with E-state index in [1.54, 1.807) is 6.92 Å². The van der Waals surface area contributed by atoms with E-state index in [-0.39, 0.29) is 18.3 Å². The maximum Gasteiger partial charge on any atom is 0.240 e. The Balaban J connectivity index is 2.24. The topological polar surface area (TPSA) is 86.9 Å². The minimum atomic E-state index is -0.00642. The number of anilines is 1. The lowest BCUT2D eigenvalue weighted by molar-refractivity contribution is 0.870. The lowest BCUT2D eigenvalue weighted by Crippen LogP contribution is -1.94. The van der Waals surface area contributed by atoms with Crippen LogP contribution in [0.4, 0.5) is 9.83 Å². The van der Waals surface area contributed by atoms with Crippen molar-refractivity contribution < 1.29 is 3.89 Å². The molecule has 0 unspecified atom stereocenters. The minimum Gasteiger partial charge on any atom is -0.366 e. The molecule has 0 aliphatic carbocycles. The fraction of sp³-hybridized carbons (Fsp3) is 0.111. The third kappa shape index (κ3) is 1.90. The monoisotopic (exact) mass is 299 g/mol. The van der Waals surface area contributed by atoms with Gasteiger partial charge in [-0.2, -0.15) is 18.7 Å². The molecule has 7 nitrogen and oxygen atoms in total. The molecule has 0 radical (unpaired) electrons. The number of nitrogens with two attached hydrogens (primary N) is 1. The van der Waals surface area contributed by atoms with Gasteiger partial charge in [-0.1, -0.05) is 11.6 Å². The molecule has 3 aromatic heterocycles. The van der Waals surface area contributed by atoms with Crippen LogP contribution in [0.5, 0.6) is 0 Å². The van der Waals surface area contributed by atoms with Crippen LogP contribution < -0.4 is 5.73 Å². The highest BCUT2D eigenvalue weighted by Gasteiger charge is 2.17. The predicted molar refractivity (Wildman–Crippen MR) is 70.3 cm³/mol. The quantitative estimate of drug-likeness (QED) is 0.778. The molecule has 2 N–H and O–H groups in total. The van der Waals surface area contributed by atoms with Gasteiger partial charge in [0.05, 0.1) is 17.6 Å². The van der Waals surface area contributed by atoms with E-state index in [4.69, 9.17) is 17.3 Å². The molecule has 0 fully saturated rings. The second kappa shape index (κ2) is 4.35. The first kappa shape index (κ1) is 12.2. The Bertz CT molecular complexity index is 767. The maximum absolute atomic E-state index is 12.5. The molecule has 10 heteroatoms. The Hall–Kier alpha value is -1.87. The molecule has 0 spiro atoms. The number of nitrogens with zero attached hydrogens (tertiary/aromatic N) is 6. The Morgan fingerprint density at radius 1 is 1.42 bits per heavy atom. The molecule has 3 heterocycles. The number of aryl methyl sites for hydroxylation is 1. The van der Waals surface area contributed by atoms with Crippen LogP contribution in [0.3, 0.4) is 0 Å². The van der Waals surface area contributed by atoms with E-state index in [1.165, 1.54) is 17.0 Å². The van der Waals surface area contributed by atoms with Gasteiger partial charge in [-0.25, -0.2) is 4.98 Å². The molecule has 0 amide bonds. The summed E-state index contributed by atoms with van der Waals surface area (Å²) in [6, 6.07) is 0. The lowest BCUT2D eigenvalue weighted by atomic mass is 10.2. The molecule has 0 aliphatic rings. The number of halogens is 2. The normalized spacial score (nSPS) is 11.3. The van der Waals surface area contributed by atoms with Crippen molar-refractivity contribution in [3.8, 4) is 11.3 Å². The summed E-state index contributed by atoms with van der Waals surface area (Å²) in [5.41, 5.74) is 7.59. The molecule has 3 aromatic rings. The number of nitrogen functional groups attached to an aromatic ring is 1. The van der Waals surface area contributed by atoms with Gasteiger partial charge in [0.25, 0.3) is 0 Å². The summed E-state index contributed by atoms with van der Waals surface area (Å²) in [6.07, 6.45) is 2.95. The molecule has 19 heavy (non-hydrogen) atoms. The van der Waals surface area contributed by atoms with Gasteiger partial charge >= 0.3 is 0 Å². The summed E-state index contributed by atoms with van der Waals surface area (Å²) in [5, 5.41) is 8.16. The van der Waals surface area contributed by atoms with Crippen LogP contribution in [-0.4, -0.2) is 28.8 Å². The van der Waals surface area contributed by atoms with Gasteiger partial charge < -0.3 is 5.73 Å². The fourth-order valence-electron chi connectivity index (χ4n) is 1.74. The third-order valence-corrected chi connectivity index (χ3v) is 3.23. The van der Waals surface area contributed by atoms with Crippen molar-refractivity contribution >= 4 is 35.5 Å². The number of fused-ring (bicyclic) bond motifs is 1. The van der Waals surface area contributed by atoms with Crippen LogP contribution in [-0.2, 0) is 0 Å². The Labute approximate surface area is 116 Å². The summed E-state index contributed by atoms with van der Waals surface area (Å²) < 4.78 is 15.0. The lowest BCUT2D eigenvalue weighted by Gasteiger charge is -2.01. The summed E-state index contributed by atoms with van der Waals surface area (Å²) in [7, 11) is 0. The van der Waals surface area contributed by atoms with Gasteiger partial charge in [0.1, 0.15) is 11.3 Å². The molecule has 98 valence electrons. The van der Waals surface area contributed by atoms with Gasteiger partial charge in [0, 0.05) is 5.56 Å². The molecule has 0 aromatic carbocycles.